The van der Waals surface area contributed by atoms with Crippen LogP contribution < -0.4 is 5.32 Å². The normalized spacial score (nSPS) is 15.3. The molecule has 0 aliphatic carbocycles. The molecule has 1 saturated heterocycles. The molecule has 0 aromatic heterocycles. The van der Waals surface area contributed by atoms with E-state index in [9.17, 15) is 18.0 Å². The zero-order chi connectivity index (χ0) is 20.3. The average molecular weight is 422 g/mol. The molecule has 0 unspecified atom stereocenters. The first-order valence-corrected chi connectivity index (χ1v) is 10.5. The maximum Gasteiger partial charge on any atom is 0.255 e. The molecule has 7 nitrogen and oxygen atoms in total. The SMILES string of the molecule is CC(=O)N1CCN(S(=O)(=O)c2cccc(C(=O)Nc3ccc(Cl)cc3)c2)CC1. The van der Waals surface area contributed by atoms with Gasteiger partial charge in [0, 0.05) is 49.4 Å². The van der Waals surface area contributed by atoms with Crippen LogP contribution >= 0.6 is 11.6 Å². The number of amides is 2. The molecule has 0 bridgehead atoms. The van der Waals surface area contributed by atoms with E-state index in [-0.39, 0.29) is 29.5 Å². The minimum atomic E-state index is -3.75. The Hall–Kier alpha value is -2.42. The van der Waals surface area contributed by atoms with E-state index in [1.807, 2.05) is 0 Å². The fourth-order valence-electron chi connectivity index (χ4n) is 2.93. The number of sulfonamides is 1. The van der Waals surface area contributed by atoms with Crippen LogP contribution in [0.3, 0.4) is 0 Å². The first kappa shape index (κ1) is 20.3. The highest BCUT2D eigenvalue weighted by Gasteiger charge is 2.29. The summed E-state index contributed by atoms with van der Waals surface area (Å²) >= 11 is 5.83. The van der Waals surface area contributed by atoms with Crippen molar-refractivity contribution in [2.45, 2.75) is 11.8 Å². The number of nitrogens with one attached hydrogen (secondary N) is 1. The van der Waals surface area contributed by atoms with Crippen LogP contribution in [0.4, 0.5) is 5.69 Å². The molecule has 1 fully saturated rings. The van der Waals surface area contributed by atoms with E-state index in [0.717, 1.165) is 0 Å². The summed E-state index contributed by atoms with van der Waals surface area (Å²) < 4.78 is 27.2. The summed E-state index contributed by atoms with van der Waals surface area (Å²) in [5.74, 6) is -0.487. The van der Waals surface area contributed by atoms with Crippen LogP contribution in [-0.2, 0) is 14.8 Å². The molecule has 1 aliphatic rings. The van der Waals surface area contributed by atoms with E-state index in [2.05, 4.69) is 5.32 Å². The Bertz CT molecular complexity index is 984. The molecule has 0 atom stereocenters. The van der Waals surface area contributed by atoms with Crippen LogP contribution in [0.25, 0.3) is 0 Å². The first-order valence-electron chi connectivity index (χ1n) is 8.70. The maximum atomic E-state index is 12.9. The molecule has 0 radical (unpaired) electrons. The van der Waals surface area contributed by atoms with E-state index in [0.29, 0.717) is 23.8 Å². The van der Waals surface area contributed by atoms with Crippen LogP contribution in [0.1, 0.15) is 17.3 Å². The lowest BCUT2D eigenvalue weighted by molar-refractivity contribution is -0.129. The van der Waals surface area contributed by atoms with Crippen LogP contribution in [0.15, 0.2) is 53.4 Å². The van der Waals surface area contributed by atoms with Gasteiger partial charge in [0.2, 0.25) is 15.9 Å². The zero-order valence-corrected chi connectivity index (χ0v) is 16.8. The van der Waals surface area contributed by atoms with Gasteiger partial charge in [0.05, 0.1) is 4.90 Å². The summed E-state index contributed by atoms with van der Waals surface area (Å²) in [6.45, 7) is 2.62. The number of hydrogen-bond donors (Lipinski definition) is 1. The molecule has 2 aromatic carbocycles. The Morgan fingerprint density at radius 2 is 1.64 bits per heavy atom. The Morgan fingerprint density at radius 3 is 2.25 bits per heavy atom. The number of benzene rings is 2. The number of hydrogen-bond acceptors (Lipinski definition) is 4. The van der Waals surface area contributed by atoms with Crippen LogP contribution in [-0.4, -0.2) is 55.6 Å². The maximum absolute atomic E-state index is 12.9. The molecule has 9 heteroatoms. The number of carbonyl (C=O) groups is 2. The molecule has 1 N–H and O–H groups in total. The third kappa shape index (κ3) is 4.52. The summed E-state index contributed by atoms with van der Waals surface area (Å²) in [6, 6.07) is 12.5. The second-order valence-electron chi connectivity index (χ2n) is 6.40. The molecule has 1 aliphatic heterocycles. The number of halogens is 1. The number of carbonyl (C=O) groups excluding carboxylic acids is 2. The van der Waals surface area contributed by atoms with Gasteiger partial charge >= 0.3 is 0 Å². The molecule has 0 spiro atoms. The largest absolute Gasteiger partial charge is 0.340 e. The molecular formula is C19H20ClN3O4S. The molecule has 2 amide bonds. The van der Waals surface area contributed by atoms with Gasteiger partial charge in [0.1, 0.15) is 0 Å². The number of piperazine rings is 1. The van der Waals surface area contributed by atoms with Crippen molar-refractivity contribution in [2.24, 2.45) is 0 Å². The highest BCUT2D eigenvalue weighted by atomic mass is 35.5. The molecule has 28 heavy (non-hydrogen) atoms. The van der Waals surface area contributed by atoms with E-state index >= 15 is 0 Å². The molecule has 148 valence electrons. The van der Waals surface area contributed by atoms with Gasteiger partial charge in [-0.05, 0) is 42.5 Å². The van der Waals surface area contributed by atoms with Gasteiger partial charge in [-0.2, -0.15) is 4.31 Å². The molecular weight excluding hydrogens is 402 g/mol. The van der Waals surface area contributed by atoms with Gasteiger partial charge in [-0.3, -0.25) is 9.59 Å². The van der Waals surface area contributed by atoms with Crippen molar-refractivity contribution in [1.29, 1.82) is 0 Å². The van der Waals surface area contributed by atoms with Crippen molar-refractivity contribution in [3.8, 4) is 0 Å². The van der Waals surface area contributed by atoms with Crippen LogP contribution in [0, 0.1) is 0 Å². The third-order valence-corrected chi connectivity index (χ3v) is 6.67. The highest BCUT2D eigenvalue weighted by Crippen LogP contribution is 2.20. The lowest BCUT2D eigenvalue weighted by atomic mass is 10.2. The third-order valence-electron chi connectivity index (χ3n) is 4.52. The first-order chi connectivity index (χ1) is 13.3. The molecule has 2 aromatic rings. The van der Waals surface area contributed by atoms with Crippen LogP contribution in [0.2, 0.25) is 5.02 Å². The Labute approximate surface area is 168 Å². The van der Waals surface area contributed by atoms with Gasteiger partial charge in [0.25, 0.3) is 5.91 Å². The second kappa shape index (κ2) is 8.30. The summed E-state index contributed by atoms with van der Waals surface area (Å²) in [6.07, 6.45) is 0. The fourth-order valence-corrected chi connectivity index (χ4v) is 4.52. The summed E-state index contributed by atoms with van der Waals surface area (Å²) in [7, 11) is -3.75. The van der Waals surface area contributed by atoms with Crippen molar-refractivity contribution in [2.75, 3.05) is 31.5 Å². The van der Waals surface area contributed by atoms with Gasteiger partial charge in [-0.15, -0.1) is 0 Å². The number of anilines is 1. The molecule has 1 heterocycles. The summed E-state index contributed by atoms with van der Waals surface area (Å²) in [5.41, 5.74) is 0.793. The summed E-state index contributed by atoms with van der Waals surface area (Å²) in [5, 5.41) is 3.26. The highest BCUT2D eigenvalue weighted by molar-refractivity contribution is 7.89. The van der Waals surface area contributed by atoms with Gasteiger partial charge in [-0.25, -0.2) is 8.42 Å². The predicted molar refractivity (Wildman–Crippen MR) is 107 cm³/mol. The van der Waals surface area contributed by atoms with E-state index in [1.165, 1.54) is 29.4 Å². The average Bonchev–Trinajstić information content (AvgIpc) is 2.70. The lowest BCUT2D eigenvalue weighted by Crippen LogP contribution is -2.49. The van der Waals surface area contributed by atoms with Crippen molar-refractivity contribution >= 4 is 39.1 Å². The van der Waals surface area contributed by atoms with E-state index in [1.54, 1.807) is 35.2 Å². The zero-order valence-electron chi connectivity index (χ0n) is 15.3. The van der Waals surface area contributed by atoms with Crippen molar-refractivity contribution in [1.82, 2.24) is 9.21 Å². The van der Waals surface area contributed by atoms with Crippen molar-refractivity contribution in [3.05, 3.63) is 59.1 Å². The minimum absolute atomic E-state index is 0.0486. The van der Waals surface area contributed by atoms with Gasteiger partial charge in [-0.1, -0.05) is 17.7 Å². The van der Waals surface area contributed by atoms with Crippen molar-refractivity contribution < 1.29 is 18.0 Å². The number of rotatable bonds is 4. The fraction of sp³-hybridized carbons (Fsp3) is 0.263. The summed E-state index contributed by atoms with van der Waals surface area (Å²) in [4.78, 5) is 25.6. The molecule has 0 saturated carbocycles. The predicted octanol–water partition coefficient (Wildman–Crippen LogP) is 2.45. The van der Waals surface area contributed by atoms with E-state index in [4.69, 9.17) is 11.6 Å². The standard InChI is InChI=1S/C19H20ClN3O4S/c1-14(24)22-9-11-23(12-10-22)28(26,27)18-4-2-3-15(13-18)19(25)21-17-7-5-16(20)6-8-17/h2-8,13H,9-12H2,1H3,(H,21,25). The van der Waals surface area contributed by atoms with Gasteiger partial charge in [0.15, 0.2) is 0 Å². The minimum Gasteiger partial charge on any atom is -0.340 e. The Kier molecular flexibility index (Phi) is 6.02. The Balaban J connectivity index is 1.75. The Morgan fingerprint density at radius 1 is 1.00 bits per heavy atom. The van der Waals surface area contributed by atoms with Crippen LogP contribution in [0.5, 0.6) is 0 Å². The number of nitrogens with zero attached hydrogens (tertiary/aromatic N) is 2. The lowest BCUT2D eigenvalue weighted by Gasteiger charge is -2.33. The smallest absolute Gasteiger partial charge is 0.255 e. The van der Waals surface area contributed by atoms with E-state index < -0.39 is 15.9 Å². The second-order valence-corrected chi connectivity index (χ2v) is 8.77. The monoisotopic (exact) mass is 421 g/mol. The molecule has 3 rings (SSSR count). The van der Waals surface area contributed by atoms with Crippen molar-refractivity contribution in [3.63, 3.8) is 0 Å². The quantitative estimate of drug-likeness (QED) is 0.821. The van der Waals surface area contributed by atoms with Gasteiger partial charge < -0.3 is 10.2 Å². The topological polar surface area (TPSA) is 86.8 Å².